The number of sulfonamides is 1. The molecule has 124 valence electrons. The van der Waals surface area contributed by atoms with Crippen LogP contribution in [0.25, 0.3) is 0 Å². The fourth-order valence-electron chi connectivity index (χ4n) is 3.17. The molecule has 7 heteroatoms. The molecule has 1 aliphatic carbocycles. The van der Waals surface area contributed by atoms with Gasteiger partial charge in [0, 0.05) is 26.4 Å². The average Bonchev–Trinajstić information content (AvgIpc) is 3.15. The van der Waals surface area contributed by atoms with Crippen molar-refractivity contribution in [2.75, 3.05) is 13.2 Å². The minimum Gasteiger partial charge on any atom is -0.396 e. The van der Waals surface area contributed by atoms with Crippen molar-refractivity contribution in [2.45, 2.75) is 30.2 Å². The van der Waals surface area contributed by atoms with Crippen LogP contribution in [0.4, 0.5) is 0 Å². The van der Waals surface area contributed by atoms with E-state index >= 15 is 0 Å². The molecule has 1 aromatic heterocycles. The number of rotatable bonds is 6. The van der Waals surface area contributed by atoms with Gasteiger partial charge in [-0.3, -0.25) is 4.68 Å². The number of benzene rings is 1. The minimum atomic E-state index is -3.64. The normalized spacial score (nSPS) is 17.6. The Morgan fingerprint density at radius 1 is 1.39 bits per heavy atom. The number of aliphatic hydroxyl groups excluding tert-OH is 1. The molecule has 0 fully saturated rings. The summed E-state index contributed by atoms with van der Waals surface area (Å²) in [5.41, 5.74) is 2.27. The van der Waals surface area contributed by atoms with Crippen LogP contribution in [0.5, 0.6) is 0 Å². The Morgan fingerprint density at radius 2 is 2.17 bits per heavy atom. The van der Waals surface area contributed by atoms with Crippen LogP contribution in [0.2, 0.25) is 0 Å². The van der Waals surface area contributed by atoms with Crippen molar-refractivity contribution in [3.63, 3.8) is 0 Å². The van der Waals surface area contributed by atoms with Crippen LogP contribution in [-0.2, 0) is 23.5 Å². The lowest BCUT2D eigenvalue weighted by molar-refractivity contribution is 0.249. The molecule has 0 bridgehead atoms. The molecular formula is C16H21N3O3S. The molecule has 1 heterocycles. The second kappa shape index (κ2) is 6.43. The zero-order valence-electron chi connectivity index (χ0n) is 13.1. The molecule has 0 saturated heterocycles. The quantitative estimate of drug-likeness (QED) is 0.868. The standard InChI is InChI=1S/C16H21N3O3S/c1-18-12-14(11-17-18)23(21,22)19(9-4-10-20)16-8-7-13-5-2-3-6-15(13)16/h2-3,5-6,11-12,16,20H,4,7-10H2,1H3. The summed E-state index contributed by atoms with van der Waals surface area (Å²) in [5, 5.41) is 13.1. The number of fused-ring (bicyclic) bond motifs is 1. The fraction of sp³-hybridized carbons (Fsp3) is 0.438. The Morgan fingerprint density at radius 3 is 2.87 bits per heavy atom. The molecule has 1 N–H and O–H groups in total. The average molecular weight is 335 g/mol. The van der Waals surface area contributed by atoms with Crippen LogP contribution in [0, 0.1) is 0 Å². The molecule has 1 aliphatic rings. The van der Waals surface area contributed by atoms with Crippen molar-refractivity contribution in [3.05, 3.63) is 47.8 Å². The van der Waals surface area contributed by atoms with Crippen molar-refractivity contribution in [2.24, 2.45) is 7.05 Å². The van der Waals surface area contributed by atoms with Gasteiger partial charge >= 0.3 is 0 Å². The highest BCUT2D eigenvalue weighted by Crippen LogP contribution is 2.38. The molecule has 23 heavy (non-hydrogen) atoms. The van der Waals surface area contributed by atoms with E-state index in [9.17, 15) is 8.42 Å². The van der Waals surface area contributed by atoms with Gasteiger partial charge in [0.05, 0.1) is 12.2 Å². The van der Waals surface area contributed by atoms with E-state index in [0.717, 1.165) is 18.4 Å². The topological polar surface area (TPSA) is 75.4 Å². The van der Waals surface area contributed by atoms with E-state index in [-0.39, 0.29) is 17.5 Å². The highest BCUT2D eigenvalue weighted by atomic mass is 32.2. The Kier molecular flexibility index (Phi) is 4.52. The number of aliphatic hydroxyl groups is 1. The van der Waals surface area contributed by atoms with Gasteiger partial charge in [-0.15, -0.1) is 0 Å². The molecule has 1 atom stereocenters. The van der Waals surface area contributed by atoms with E-state index in [4.69, 9.17) is 5.11 Å². The summed E-state index contributed by atoms with van der Waals surface area (Å²) < 4.78 is 29.1. The van der Waals surface area contributed by atoms with Crippen molar-refractivity contribution >= 4 is 10.0 Å². The molecule has 6 nitrogen and oxygen atoms in total. The van der Waals surface area contributed by atoms with Gasteiger partial charge in [-0.25, -0.2) is 8.42 Å². The third-order valence-electron chi connectivity index (χ3n) is 4.27. The van der Waals surface area contributed by atoms with Gasteiger partial charge in [0.1, 0.15) is 4.90 Å². The van der Waals surface area contributed by atoms with Crippen LogP contribution >= 0.6 is 0 Å². The lowest BCUT2D eigenvalue weighted by atomic mass is 10.1. The number of hydrogen-bond donors (Lipinski definition) is 1. The van der Waals surface area contributed by atoms with Crippen LogP contribution < -0.4 is 0 Å². The zero-order chi connectivity index (χ0) is 16.4. The van der Waals surface area contributed by atoms with Gasteiger partial charge < -0.3 is 5.11 Å². The summed E-state index contributed by atoms with van der Waals surface area (Å²) in [6, 6.07) is 7.80. The Labute approximate surface area is 136 Å². The Balaban J connectivity index is 1.99. The lowest BCUT2D eigenvalue weighted by Gasteiger charge is -2.28. The van der Waals surface area contributed by atoms with Gasteiger partial charge in [0.15, 0.2) is 0 Å². The van der Waals surface area contributed by atoms with Crippen molar-refractivity contribution in [1.29, 1.82) is 0 Å². The van der Waals surface area contributed by atoms with Crippen LogP contribution in [-0.4, -0.2) is 40.8 Å². The Hall–Kier alpha value is -1.70. The second-order valence-electron chi connectivity index (χ2n) is 5.80. The third-order valence-corrected chi connectivity index (χ3v) is 6.13. The van der Waals surface area contributed by atoms with Crippen LogP contribution in [0.3, 0.4) is 0 Å². The molecule has 0 saturated carbocycles. The third kappa shape index (κ3) is 3.04. The smallest absolute Gasteiger partial charge is 0.246 e. The van der Waals surface area contributed by atoms with Crippen molar-refractivity contribution < 1.29 is 13.5 Å². The van der Waals surface area contributed by atoms with Gasteiger partial charge in [0.2, 0.25) is 10.0 Å². The summed E-state index contributed by atoms with van der Waals surface area (Å²) >= 11 is 0. The molecule has 2 aromatic rings. The predicted octanol–water partition coefficient (Wildman–Crippen LogP) is 1.48. The first-order chi connectivity index (χ1) is 11.0. The van der Waals surface area contributed by atoms with E-state index < -0.39 is 10.0 Å². The van der Waals surface area contributed by atoms with Gasteiger partial charge in [-0.05, 0) is 30.4 Å². The summed E-state index contributed by atoms with van der Waals surface area (Å²) in [5.74, 6) is 0. The highest BCUT2D eigenvalue weighted by molar-refractivity contribution is 7.89. The lowest BCUT2D eigenvalue weighted by Crippen LogP contribution is -2.35. The van der Waals surface area contributed by atoms with Gasteiger partial charge in [-0.2, -0.15) is 9.40 Å². The number of hydrogen-bond acceptors (Lipinski definition) is 4. The molecule has 0 spiro atoms. The first kappa shape index (κ1) is 16.2. The zero-order valence-corrected chi connectivity index (χ0v) is 13.9. The monoisotopic (exact) mass is 335 g/mol. The van der Waals surface area contributed by atoms with Crippen molar-refractivity contribution in [1.82, 2.24) is 14.1 Å². The fourth-order valence-corrected chi connectivity index (χ4v) is 4.83. The first-order valence-corrected chi connectivity index (χ1v) is 9.17. The van der Waals surface area contributed by atoms with Gasteiger partial charge in [0.25, 0.3) is 0 Å². The second-order valence-corrected chi connectivity index (χ2v) is 7.69. The number of nitrogens with zero attached hydrogens (tertiary/aromatic N) is 3. The highest BCUT2D eigenvalue weighted by Gasteiger charge is 2.36. The molecule has 1 aromatic carbocycles. The Bertz CT molecular complexity index is 785. The molecule has 0 radical (unpaired) electrons. The summed E-state index contributed by atoms with van der Waals surface area (Å²) in [6.45, 7) is 0.264. The van der Waals surface area contributed by atoms with Gasteiger partial charge in [-0.1, -0.05) is 24.3 Å². The molecule has 0 aliphatic heterocycles. The van der Waals surface area contributed by atoms with Crippen LogP contribution in [0.1, 0.15) is 30.0 Å². The summed E-state index contributed by atoms with van der Waals surface area (Å²) in [4.78, 5) is 0.197. The van der Waals surface area contributed by atoms with E-state index in [0.29, 0.717) is 13.0 Å². The molecule has 3 rings (SSSR count). The minimum absolute atomic E-state index is 0.0343. The number of aryl methyl sites for hydroxylation is 2. The predicted molar refractivity (Wildman–Crippen MR) is 86.3 cm³/mol. The van der Waals surface area contributed by atoms with Crippen LogP contribution in [0.15, 0.2) is 41.6 Å². The maximum absolute atomic E-state index is 13.0. The van der Waals surface area contributed by atoms with E-state index in [1.165, 1.54) is 26.9 Å². The largest absolute Gasteiger partial charge is 0.396 e. The van der Waals surface area contributed by atoms with E-state index in [1.54, 1.807) is 7.05 Å². The molecule has 1 unspecified atom stereocenters. The summed E-state index contributed by atoms with van der Waals surface area (Å²) in [7, 11) is -1.94. The SMILES string of the molecule is Cn1cc(S(=O)(=O)N(CCCO)C2CCc3ccccc32)cn1. The summed E-state index contributed by atoms with van der Waals surface area (Å²) in [6.07, 6.45) is 4.95. The van der Waals surface area contributed by atoms with E-state index in [1.807, 2.05) is 18.2 Å². The number of aromatic nitrogens is 2. The first-order valence-electron chi connectivity index (χ1n) is 7.73. The molecular weight excluding hydrogens is 314 g/mol. The maximum atomic E-state index is 13.0. The molecule has 0 amide bonds. The van der Waals surface area contributed by atoms with Crippen molar-refractivity contribution in [3.8, 4) is 0 Å². The maximum Gasteiger partial charge on any atom is 0.246 e. The van der Waals surface area contributed by atoms with E-state index in [2.05, 4.69) is 11.2 Å².